The molecule has 0 aliphatic heterocycles. The van der Waals surface area contributed by atoms with Crippen LogP contribution in [0, 0.1) is 6.92 Å². The molecule has 3 rings (SSSR count). The molecule has 0 saturated carbocycles. The average Bonchev–Trinajstić information content (AvgIpc) is 2.89. The van der Waals surface area contributed by atoms with E-state index in [0.29, 0.717) is 0 Å². The Kier molecular flexibility index (Phi) is 2.65. The van der Waals surface area contributed by atoms with Crippen LogP contribution in [0.5, 0.6) is 0 Å². The molecule has 0 spiro atoms. The van der Waals surface area contributed by atoms with E-state index in [0.717, 1.165) is 17.1 Å². The zero-order valence-corrected chi connectivity index (χ0v) is 10.1. The van der Waals surface area contributed by atoms with Gasteiger partial charge in [0.25, 0.3) is 0 Å². The minimum atomic E-state index is 0.866. The summed E-state index contributed by atoms with van der Waals surface area (Å²) >= 11 is 0. The van der Waals surface area contributed by atoms with E-state index in [1.54, 1.807) is 6.33 Å². The number of benzene rings is 2. The van der Waals surface area contributed by atoms with Gasteiger partial charge in [-0.1, -0.05) is 48.5 Å². The fourth-order valence-electron chi connectivity index (χ4n) is 2.00. The van der Waals surface area contributed by atoms with E-state index in [2.05, 4.69) is 29.1 Å². The van der Waals surface area contributed by atoms with E-state index in [-0.39, 0.29) is 0 Å². The third-order valence-corrected chi connectivity index (χ3v) is 2.92. The van der Waals surface area contributed by atoms with Gasteiger partial charge in [0.2, 0.25) is 0 Å². The average molecular weight is 235 g/mol. The summed E-state index contributed by atoms with van der Waals surface area (Å²) in [6.07, 6.45) is 1.59. The molecule has 0 radical (unpaired) electrons. The van der Waals surface area contributed by atoms with E-state index >= 15 is 0 Å². The van der Waals surface area contributed by atoms with E-state index in [1.165, 1.54) is 5.56 Å². The third-order valence-electron chi connectivity index (χ3n) is 2.92. The molecule has 0 N–H and O–H groups in total. The van der Waals surface area contributed by atoms with Crippen molar-refractivity contribution < 1.29 is 0 Å². The van der Waals surface area contributed by atoms with Gasteiger partial charge < -0.3 is 0 Å². The molecule has 88 valence electrons. The lowest BCUT2D eigenvalue weighted by atomic mass is 10.2. The second kappa shape index (κ2) is 4.45. The van der Waals surface area contributed by atoms with Crippen LogP contribution in [-0.4, -0.2) is 14.8 Å². The number of para-hydroxylation sites is 1. The zero-order valence-electron chi connectivity index (χ0n) is 10.1. The van der Waals surface area contributed by atoms with Crippen molar-refractivity contribution in [1.29, 1.82) is 0 Å². The minimum Gasteiger partial charge on any atom is -0.215 e. The van der Waals surface area contributed by atoms with Crippen LogP contribution in [-0.2, 0) is 0 Å². The van der Waals surface area contributed by atoms with Gasteiger partial charge in [-0.3, -0.25) is 0 Å². The van der Waals surface area contributed by atoms with Crippen LogP contribution >= 0.6 is 0 Å². The van der Waals surface area contributed by atoms with Crippen molar-refractivity contribution >= 4 is 0 Å². The van der Waals surface area contributed by atoms with Crippen molar-refractivity contribution in [2.45, 2.75) is 6.92 Å². The van der Waals surface area contributed by atoms with Gasteiger partial charge in [-0.25, -0.2) is 9.67 Å². The van der Waals surface area contributed by atoms with Crippen molar-refractivity contribution in [3.63, 3.8) is 0 Å². The molecule has 18 heavy (non-hydrogen) atoms. The fourth-order valence-corrected chi connectivity index (χ4v) is 2.00. The quantitative estimate of drug-likeness (QED) is 0.682. The van der Waals surface area contributed by atoms with Gasteiger partial charge in [0.1, 0.15) is 6.33 Å². The molecule has 3 aromatic rings. The lowest BCUT2D eigenvalue weighted by Gasteiger charge is -2.08. The maximum Gasteiger partial charge on any atom is 0.163 e. The molecule has 2 aromatic carbocycles. The number of hydrogen-bond acceptors (Lipinski definition) is 2. The summed E-state index contributed by atoms with van der Waals surface area (Å²) in [5, 5.41) is 4.33. The first-order valence-corrected chi connectivity index (χ1v) is 5.88. The van der Waals surface area contributed by atoms with E-state index < -0.39 is 0 Å². The molecule has 0 bridgehead atoms. The van der Waals surface area contributed by atoms with E-state index in [9.17, 15) is 0 Å². The van der Waals surface area contributed by atoms with Gasteiger partial charge in [0.15, 0.2) is 5.82 Å². The fraction of sp³-hybridized carbons (Fsp3) is 0.0667. The van der Waals surface area contributed by atoms with Crippen LogP contribution < -0.4 is 0 Å². The molecule has 1 aromatic heterocycles. The summed E-state index contributed by atoms with van der Waals surface area (Å²) in [4.78, 5) is 4.36. The van der Waals surface area contributed by atoms with Gasteiger partial charge in [0, 0.05) is 5.56 Å². The SMILES string of the molecule is Cc1ccccc1-n1ncnc1-c1ccccc1. The molecular formula is C15H13N3. The highest BCUT2D eigenvalue weighted by atomic mass is 15.3. The molecule has 0 aliphatic rings. The van der Waals surface area contributed by atoms with Crippen LogP contribution in [0.4, 0.5) is 0 Å². The summed E-state index contributed by atoms with van der Waals surface area (Å²) in [5.41, 5.74) is 3.31. The van der Waals surface area contributed by atoms with Gasteiger partial charge in [0.05, 0.1) is 5.69 Å². The number of hydrogen-bond donors (Lipinski definition) is 0. The van der Waals surface area contributed by atoms with Crippen LogP contribution in [0.2, 0.25) is 0 Å². The van der Waals surface area contributed by atoms with E-state index in [1.807, 2.05) is 47.1 Å². The smallest absolute Gasteiger partial charge is 0.163 e. The predicted molar refractivity (Wildman–Crippen MR) is 71.5 cm³/mol. The second-order valence-electron chi connectivity index (χ2n) is 4.15. The van der Waals surface area contributed by atoms with E-state index in [4.69, 9.17) is 0 Å². The summed E-state index contributed by atoms with van der Waals surface area (Å²) < 4.78 is 1.88. The Labute approximate surface area is 106 Å². The Hall–Kier alpha value is -2.42. The maximum absolute atomic E-state index is 4.36. The molecule has 0 aliphatic carbocycles. The molecule has 0 atom stereocenters. The Bertz CT molecular complexity index is 656. The molecule has 0 unspecified atom stereocenters. The first-order chi connectivity index (χ1) is 8.86. The topological polar surface area (TPSA) is 30.7 Å². The van der Waals surface area contributed by atoms with Crippen molar-refractivity contribution in [3.05, 3.63) is 66.5 Å². The normalized spacial score (nSPS) is 10.5. The predicted octanol–water partition coefficient (Wildman–Crippen LogP) is 3.24. The highest BCUT2D eigenvalue weighted by Crippen LogP contribution is 2.21. The van der Waals surface area contributed by atoms with Crippen LogP contribution in [0.1, 0.15) is 5.56 Å². The van der Waals surface area contributed by atoms with Gasteiger partial charge in [-0.15, -0.1) is 0 Å². The molecule has 1 heterocycles. The molecule has 0 fully saturated rings. The maximum atomic E-state index is 4.36. The van der Waals surface area contributed by atoms with Crippen LogP contribution in [0.3, 0.4) is 0 Å². The molecule has 0 saturated heterocycles. The Balaban J connectivity index is 2.16. The zero-order chi connectivity index (χ0) is 12.4. The lowest BCUT2D eigenvalue weighted by Crippen LogP contribution is -2.01. The first-order valence-electron chi connectivity index (χ1n) is 5.88. The minimum absolute atomic E-state index is 0.866. The summed E-state index contributed by atoms with van der Waals surface area (Å²) in [5.74, 6) is 0.866. The van der Waals surface area contributed by atoms with Crippen molar-refractivity contribution in [3.8, 4) is 17.1 Å². The lowest BCUT2D eigenvalue weighted by molar-refractivity contribution is 0.879. The highest BCUT2D eigenvalue weighted by Gasteiger charge is 2.09. The highest BCUT2D eigenvalue weighted by molar-refractivity contribution is 5.58. The molecule has 3 nitrogen and oxygen atoms in total. The Morgan fingerprint density at radius 3 is 2.39 bits per heavy atom. The molecular weight excluding hydrogens is 222 g/mol. The van der Waals surface area contributed by atoms with Crippen molar-refractivity contribution in [2.24, 2.45) is 0 Å². The summed E-state index contributed by atoms with van der Waals surface area (Å²) in [6, 6.07) is 18.3. The van der Waals surface area contributed by atoms with Crippen LogP contribution in [0.25, 0.3) is 17.1 Å². The Morgan fingerprint density at radius 2 is 1.61 bits per heavy atom. The first kappa shape index (κ1) is 10.7. The molecule has 0 amide bonds. The largest absolute Gasteiger partial charge is 0.215 e. The third kappa shape index (κ3) is 1.80. The van der Waals surface area contributed by atoms with Crippen molar-refractivity contribution in [1.82, 2.24) is 14.8 Å². The number of rotatable bonds is 2. The number of aryl methyl sites for hydroxylation is 1. The monoisotopic (exact) mass is 235 g/mol. The standard InChI is InChI=1S/C15H13N3/c1-12-7-5-6-10-14(12)18-15(16-11-17-18)13-8-3-2-4-9-13/h2-11H,1H3. The van der Waals surface area contributed by atoms with Crippen molar-refractivity contribution in [2.75, 3.05) is 0 Å². The van der Waals surface area contributed by atoms with Gasteiger partial charge in [-0.2, -0.15) is 5.10 Å². The number of aromatic nitrogens is 3. The van der Waals surface area contributed by atoms with Crippen LogP contribution in [0.15, 0.2) is 60.9 Å². The second-order valence-corrected chi connectivity index (χ2v) is 4.15. The summed E-state index contributed by atoms with van der Waals surface area (Å²) in [7, 11) is 0. The molecule has 3 heteroatoms. The number of nitrogens with zero attached hydrogens (tertiary/aromatic N) is 3. The summed E-state index contributed by atoms with van der Waals surface area (Å²) in [6.45, 7) is 2.08. The van der Waals surface area contributed by atoms with Gasteiger partial charge in [-0.05, 0) is 18.6 Å². The Morgan fingerprint density at radius 1 is 0.889 bits per heavy atom. The van der Waals surface area contributed by atoms with Gasteiger partial charge >= 0.3 is 0 Å².